The highest BCUT2D eigenvalue weighted by molar-refractivity contribution is 8.02. The van der Waals surface area contributed by atoms with Crippen molar-refractivity contribution in [1.82, 2.24) is 15.1 Å². The number of hydrogen-bond donors (Lipinski definition) is 1. The lowest BCUT2D eigenvalue weighted by Crippen LogP contribution is -2.39. The lowest BCUT2D eigenvalue weighted by Gasteiger charge is -2.14. The second kappa shape index (κ2) is 7.56. The Labute approximate surface area is 159 Å². The summed E-state index contributed by atoms with van der Waals surface area (Å²) in [5.74, 6) is -0.0143. The van der Waals surface area contributed by atoms with Crippen molar-refractivity contribution in [3.63, 3.8) is 0 Å². The molecular formula is C15H17N3O3S4. The predicted molar refractivity (Wildman–Crippen MR) is 103 cm³/mol. The molecule has 0 saturated carbocycles. The number of carbonyl (C=O) groups is 1. The van der Waals surface area contributed by atoms with E-state index in [2.05, 4.69) is 10.4 Å². The fourth-order valence-corrected chi connectivity index (χ4v) is 6.66. The van der Waals surface area contributed by atoms with Crippen molar-refractivity contribution >= 4 is 51.1 Å². The van der Waals surface area contributed by atoms with Crippen LogP contribution in [0.2, 0.25) is 0 Å². The van der Waals surface area contributed by atoms with Crippen molar-refractivity contribution in [2.45, 2.75) is 29.0 Å². The van der Waals surface area contributed by atoms with Crippen LogP contribution in [0.3, 0.4) is 0 Å². The summed E-state index contributed by atoms with van der Waals surface area (Å²) in [6, 6.07) is 9.29. The number of para-hydroxylation sites is 1. The van der Waals surface area contributed by atoms with Crippen LogP contribution in [0.4, 0.5) is 0 Å². The number of nitrogens with zero attached hydrogens (tertiary/aromatic N) is 2. The molecule has 0 aliphatic carbocycles. The number of hydrogen-bond acceptors (Lipinski definition) is 7. The quantitative estimate of drug-likeness (QED) is 0.597. The minimum absolute atomic E-state index is 0.0255. The zero-order valence-corrected chi connectivity index (χ0v) is 16.7. The predicted octanol–water partition coefficient (Wildman–Crippen LogP) is 2.45. The Balaban J connectivity index is 1.64. The summed E-state index contributed by atoms with van der Waals surface area (Å²) in [6.45, 7) is 1.78. The Hall–Kier alpha value is -1.23. The molecular weight excluding hydrogens is 398 g/mol. The van der Waals surface area contributed by atoms with E-state index in [0.29, 0.717) is 14.7 Å². The highest BCUT2D eigenvalue weighted by atomic mass is 32.2. The minimum Gasteiger partial charge on any atom is -0.351 e. The maximum Gasteiger partial charge on any atom is 0.233 e. The van der Waals surface area contributed by atoms with Crippen LogP contribution in [0.1, 0.15) is 13.3 Å². The number of rotatable bonds is 5. The van der Waals surface area contributed by atoms with E-state index in [0.717, 1.165) is 5.69 Å². The molecule has 1 N–H and O–H groups in total. The molecule has 134 valence electrons. The van der Waals surface area contributed by atoms with Crippen LogP contribution in [0.5, 0.6) is 0 Å². The van der Waals surface area contributed by atoms with Crippen LogP contribution < -0.4 is 5.32 Å². The molecule has 10 heteroatoms. The van der Waals surface area contributed by atoms with Gasteiger partial charge in [0.2, 0.25) is 5.91 Å². The van der Waals surface area contributed by atoms with Crippen LogP contribution in [-0.4, -0.2) is 46.9 Å². The first kappa shape index (κ1) is 18.6. The van der Waals surface area contributed by atoms with Gasteiger partial charge in [0, 0.05) is 6.04 Å². The van der Waals surface area contributed by atoms with Crippen molar-refractivity contribution in [2.75, 3.05) is 11.5 Å². The molecule has 1 aromatic carbocycles. The van der Waals surface area contributed by atoms with E-state index in [1.807, 2.05) is 30.3 Å². The number of amides is 1. The highest BCUT2D eigenvalue weighted by Gasteiger charge is 2.30. The molecule has 0 bridgehead atoms. The number of sulfone groups is 1. The summed E-state index contributed by atoms with van der Waals surface area (Å²) >= 11 is 8.03. The zero-order valence-electron chi connectivity index (χ0n) is 13.4. The molecule has 1 fully saturated rings. The Morgan fingerprint density at radius 3 is 2.80 bits per heavy atom. The molecule has 0 spiro atoms. The van der Waals surface area contributed by atoms with Gasteiger partial charge < -0.3 is 5.32 Å². The lowest BCUT2D eigenvalue weighted by molar-refractivity contribution is -0.120. The molecule has 1 aliphatic heterocycles. The van der Waals surface area contributed by atoms with Gasteiger partial charge in [-0.2, -0.15) is 0 Å². The van der Waals surface area contributed by atoms with Gasteiger partial charge in [0.05, 0.1) is 22.4 Å². The molecule has 2 atom stereocenters. The van der Waals surface area contributed by atoms with Gasteiger partial charge in [0.15, 0.2) is 18.1 Å². The Morgan fingerprint density at radius 1 is 1.44 bits per heavy atom. The fraction of sp³-hybridized carbons (Fsp3) is 0.400. The summed E-state index contributed by atoms with van der Waals surface area (Å²) in [7, 11) is -3.01. The van der Waals surface area contributed by atoms with Crippen molar-refractivity contribution in [2.24, 2.45) is 0 Å². The third-order valence-corrected chi connectivity index (χ3v) is 7.94. The number of benzene rings is 1. The topological polar surface area (TPSA) is 81.1 Å². The van der Waals surface area contributed by atoms with E-state index in [1.165, 1.54) is 23.1 Å². The molecule has 6 nitrogen and oxygen atoms in total. The number of carbonyl (C=O) groups excluding carboxylic acids is 1. The van der Waals surface area contributed by atoms with E-state index < -0.39 is 9.84 Å². The number of aromatic nitrogens is 2. The maximum atomic E-state index is 12.3. The van der Waals surface area contributed by atoms with Gasteiger partial charge in [-0.1, -0.05) is 41.3 Å². The smallest absolute Gasteiger partial charge is 0.233 e. The van der Waals surface area contributed by atoms with Gasteiger partial charge >= 0.3 is 0 Å². The summed E-state index contributed by atoms with van der Waals surface area (Å²) in [5, 5.41) is 6.91. The molecule has 1 amide bonds. The minimum atomic E-state index is -3.01. The van der Waals surface area contributed by atoms with E-state index in [4.69, 9.17) is 12.2 Å². The molecule has 1 aromatic heterocycles. The van der Waals surface area contributed by atoms with Gasteiger partial charge in [-0.05, 0) is 37.7 Å². The van der Waals surface area contributed by atoms with E-state index in [1.54, 1.807) is 11.6 Å². The summed E-state index contributed by atoms with van der Waals surface area (Å²) in [4.78, 5) is 12.3. The molecule has 1 saturated heterocycles. The first-order valence-corrected chi connectivity index (χ1v) is 11.6. The summed E-state index contributed by atoms with van der Waals surface area (Å²) < 4.78 is 26.0. The SMILES string of the molecule is C[C@H](Sc1nn(-c2ccccc2)c(=S)s1)C(=O)N[C@H]1CCS(=O)(=O)C1. The first-order chi connectivity index (χ1) is 11.8. The molecule has 3 rings (SSSR count). The molecule has 2 aromatic rings. The maximum absolute atomic E-state index is 12.3. The van der Waals surface area contributed by atoms with Crippen molar-refractivity contribution < 1.29 is 13.2 Å². The molecule has 0 radical (unpaired) electrons. The standard InChI is InChI=1S/C15H17N3O3S4/c1-10(13(19)16-11-7-8-25(20,21)9-11)23-14-17-18(15(22)24-14)12-5-3-2-4-6-12/h2-6,10-11H,7-9H2,1H3,(H,16,19)/t10-,11-/m0/s1. The van der Waals surface area contributed by atoms with E-state index in [9.17, 15) is 13.2 Å². The van der Waals surface area contributed by atoms with Crippen molar-refractivity contribution in [3.8, 4) is 5.69 Å². The highest BCUT2D eigenvalue weighted by Crippen LogP contribution is 2.28. The fourth-order valence-electron chi connectivity index (χ4n) is 2.47. The first-order valence-electron chi connectivity index (χ1n) is 7.67. The average Bonchev–Trinajstić information content (AvgIpc) is 3.10. The second-order valence-electron chi connectivity index (χ2n) is 5.75. The van der Waals surface area contributed by atoms with Gasteiger partial charge in [-0.3, -0.25) is 4.79 Å². The van der Waals surface area contributed by atoms with Crippen LogP contribution in [0, 0.1) is 3.95 Å². The Bertz CT molecular complexity index is 921. The Morgan fingerprint density at radius 2 is 2.16 bits per heavy atom. The van der Waals surface area contributed by atoms with Gasteiger partial charge in [0.25, 0.3) is 0 Å². The number of thioether (sulfide) groups is 1. The Kier molecular flexibility index (Phi) is 5.62. The normalized spacial score (nSPS) is 20.3. The van der Waals surface area contributed by atoms with Gasteiger partial charge in [-0.15, -0.1) is 5.10 Å². The second-order valence-corrected chi connectivity index (χ2v) is 11.2. The molecule has 2 heterocycles. The van der Waals surface area contributed by atoms with Gasteiger partial charge in [-0.25, -0.2) is 13.1 Å². The number of nitrogens with one attached hydrogen (secondary N) is 1. The zero-order chi connectivity index (χ0) is 18.0. The molecule has 0 unspecified atom stereocenters. The largest absolute Gasteiger partial charge is 0.351 e. The van der Waals surface area contributed by atoms with Crippen molar-refractivity contribution in [3.05, 3.63) is 34.3 Å². The summed E-state index contributed by atoms with van der Waals surface area (Å²) in [5.41, 5.74) is 0.879. The average molecular weight is 416 g/mol. The van der Waals surface area contributed by atoms with Crippen LogP contribution in [-0.2, 0) is 14.6 Å². The van der Waals surface area contributed by atoms with Crippen LogP contribution in [0.25, 0.3) is 5.69 Å². The molecule has 25 heavy (non-hydrogen) atoms. The van der Waals surface area contributed by atoms with Gasteiger partial charge in [0.1, 0.15) is 0 Å². The third-order valence-electron chi connectivity index (χ3n) is 3.76. The summed E-state index contributed by atoms with van der Waals surface area (Å²) in [6.07, 6.45) is 0.479. The lowest BCUT2D eigenvalue weighted by atomic mass is 10.2. The van der Waals surface area contributed by atoms with Crippen molar-refractivity contribution in [1.29, 1.82) is 0 Å². The monoisotopic (exact) mass is 415 g/mol. The van der Waals surface area contributed by atoms with Crippen LogP contribution in [0.15, 0.2) is 34.7 Å². The molecule has 1 aliphatic rings. The van der Waals surface area contributed by atoms with Crippen LogP contribution >= 0.6 is 35.3 Å². The van der Waals surface area contributed by atoms with E-state index in [-0.39, 0.29) is 28.7 Å². The third kappa shape index (κ3) is 4.69. The van der Waals surface area contributed by atoms with E-state index >= 15 is 0 Å².